The molecule has 1 fully saturated rings. The number of nitrogens with zero attached hydrogens (tertiary/aromatic N) is 1. The molecule has 2 rings (SSSR count). The Kier molecular flexibility index (Phi) is 5.25. The van der Waals surface area contributed by atoms with Crippen molar-refractivity contribution in [1.82, 2.24) is 5.32 Å². The fourth-order valence-electron chi connectivity index (χ4n) is 2.22. The number of rotatable bonds is 3. The van der Waals surface area contributed by atoms with Gasteiger partial charge in [0, 0.05) is 0 Å². The highest BCUT2D eigenvalue weighted by atomic mass is 19.4. The molecule has 1 aromatic carbocycles. The highest BCUT2D eigenvalue weighted by molar-refractivity contribution is 5.88. The van der Waals surface area contributed by atoms with Gasteiger partial charge in [0.1, 0.15) is 24.1 Å². The Bertz CT molecular complexity index is 560. The number of piperidine rings is 1. The lowest BCUT2D eigenvalue weighted by atomic mass is 9.95. The monoisotopic (exact) mass is 334 g/mol. The number of halogens is 3. The predicted octanol–water partition coefficient (Wildman–Crippen LogP) is -0.349. The highest BCUT2D eigenvalue weighted by Crippen LogP contribution is 2.29. The summed E-state index contributed by atoms with van der Waals surface area (Å²) in [4.78, 5) is 4.00. The van der Waals surface area contributed by atoms with E-state index < -0.39 is 42.7 Å². The zero-order valence-electron chi connectivity index (χ0n) is 11.9. The Morgan fingerprint density at radius 1 is 1.04 bits per heavy atom. The summed E-state index contributed by atoms with van der Waals surface area (Å²) in [5.41, 5.74) is -0.302. The first-order chi connectivity index (χ1) is 10.7. The van der Waals surface area contributed by atoms with Crippen LogP contribution in [0.25, 0.3) is 0 Å². The van der Waals surface area contributed by atoms with E-state index in [1.54, 1.807) is 0 Å². The first-order valence-electron chi connectivity index (χ1n) is 6.86. The maximum Gasteiger partial charge on any atom is 0.416 e. The summed E-state index contributed by atoms with van der Waals surface area (Å²) in [5, 5.41) is 40.8. The van der Waals surface area contributed by atoms with E-state index in [1.165, 1.54) is 12.1 Å². The maximum absolute atomic E-state index is 12.5. The van der Waals surface area contributed by atoms with Gasteiger partial charge in [-0.2, -0.15) is 13.2 Å². The molecule has 0 radical (unpaired) electrons. The first kappa shape index (κ1) is 17.7. The summed E-state index contributed by atoms with van der Waals surface area (Å²) in [6, 6.07) is 3.48. The molecule has 0 aromatic heterocycles. The van der Waals surface area contributed by atoms with Gasteiger partial charge in [-0.25, -0.2) is 0 Å². The van der Waals surface area contributed by atoms with Crippen molar-refractivity contribution in [1.29, 1.82) is 0 Å². The molecule has 1 aliphatic rings. The highest BCUT2D eigenvalue weighted by Gasteiger charge is 2.39. The number of aliphatic hydroxyl groups is 4. The lowest BCUT2D eigenvalue weighted by molar-refractivity contribution is -0.137. The third-order valence-electron chi connectivity index (χ3n) is 3.61. The Morgan fingerprint density at radius 3 is 2.17 bits per heavy atom. The van der Waals surface area contributed by atoms with E-state index in [0.717, 1.165) is 12.1 Å². The fraction of sp³-hybridized carbons (Fsp3) is 0.500. The maximum atomic E-state index is 12.5. The van der Waals surface area contributed by atoms with Crippen LogP contribution in [0.5, 0.6) is 0 Å². The number of alkyl halides is 3. The molecule has 0 bridgehead atoms. The zero-order valence-corrected chi connectivity index (χ0v) is 11.9. The largest absolute Gasteiger partial charge is 0.416 e. The van der Waals surface area contributed by atoms with E-state index in [9.17, 15) is 28.5 Å². The molecule has 0 amide bonds. The standard InChI is InChI=1S/C14H17F3N2O4/c15-14(16,17)8-3-1-7(2-4-8)5-18-13-12(23)11(22)10(21)9(6-20)19-13/h1-4,9-12,20-23H,5-6H2,(H,18,19)/t9-,10+,11+,12-/m1/s1. The Hall–Kier alpha value is -1.68. The molecular formula is C14H17F3N2O4. The molecule has 23 heavy (non-hydrogen) atoms. The molecule has 0 spiro atoms. The summed E-state index contributed by atoms with van der Waals surface area (Å²) in [5.74, 6) is -0.0400. The van der Waals surface area contributed by atoms with Crippen molar-refractivity contribution in [3.8, 4) is 0 Å². The van der Waals surface area contributed by atoms with Crippen LogP contribution in [0.1, 0.15) is 11.1 Å². The van der Waals surface area contributed by atoms with Crippen molar-refractivity contribution in [2.75, 3.05) is 6.61 Å². The molecular weight excluding hydrogens is 317 g/mol. The molecule has 1 aliphatic heterocycles. The van der Waals surface area contributed by atoms with Crippen LogP contribution in [0.15, 0.2) is 29.3 Å². The third-order valence-corrected chi connectivity index (χ3v) is 3.61. The van der Waals surface area contributed by atoms with Crippen molar-refractivity contribution in [3.05, 3.63) is 35.4 Å². The molecule has 5 N–H and O–H groups in total. The molecule has 128 valence electrons. The van der Waals surface area contributed by atoms with Gasteiger partial charge in [0.25, 0.3) is 0 Å². The second-order valence-corrected chi connectivity index (χ2v) is 5.26. The number of aliphatic hydroxyl groups excluding tert-OH is 4. The number of nitrogens with one attached hydrogen (secondary N) is 1. The smallest absolute Gasteiger partial charge is 0.394 e. The van der Waals surface area contributed by atoms with Crippen LogP contribution in [0.4, 0.5) is 13.2 Å². The van der Waals surface area contributed by atoms with Crippen molar-refractivity contribution in [2.24, 2.45) is 4.99 Å². The molecule has 0 unspecified atom stereocenters. The molecule has 9 heteroatoms. The Morgan fingerprint density at radius 2 is 1.65 bits per heavy atom. The zero-order chi connectivity index (χ0) is 17.2. The van der Waals surface area contributed by atoms with Crippen molar-refractivity contribution < 1.29 is 33.6 Å². The molecule has 4 atom stereocenters. The van der Waals surface area contributed by atoms with Gasteiger partial charge in [0.05, 0.1) is 24.8 Å². The fourth-order valence-corrected chi connectivity index (χ4v) is 2.22. The second-order valence-electron chi connectivity index (χ2n) is 5.26. The summed E-state index contributed by atoms with van der Waals surface area (Å²) in [6.07, 6.45) is -8.76. The molecule has 1 saturated heterocycles. The number of hydrogen-bond acceptors (Lipinski definition) is 5. The van der Waals surface area contributed by atoms with Crippen molar-refractivity contribution >= 4 is 5.84 Å². The average molecular weight is 334 g/mol. The Balaban J connectivity index is 2.09. The number of hydrogen-bond donors (Lipinski definition) is 5. The van der Waals surface area contributed by atoms with Crippen LogP contribution in [-0.4, -0.2) is 57.2 Å². The number of aliphatic imine (C=N–C) groups is 1. The van der Waals surface area contributed by atoms with Crippen LogP contribution in [0.2, 0.25) is 0 Å². The van der Waals surface area contributed by atoms with E-state index in [4.69, 9.17) is 5.11 Å². The normalized spacial score (nSPS) is 30.3. The lowest BCUT2D eigenvalue weighted by Gasteiger charge is -2.36. The summed E-state index contributed by atoms with van der Waals surface area (Å²) < 4.78 is 37.4. The molecule has 1 aromatic rings. The first-order valence-corrected chi connectivity index (χ1v) is 6.86. The van der Waals surface area contributed by atoms with Crippen LogP contribution in [-0.2, 0) is 12.7 Å². The van der Waals surface area contributed by atoms with E-state index >= 15 is 0 Å². The van der Waals surface area contributed by atoms with Crippen LogP contribution < -0.4 is 5.32 Å². The van der Waals surface area contributed by atoms with E-state index in [1.807, 2.05) is 0 Å². The summed E-state index contributed by atoms with van der Waals surface area (Å²) in [6.45, 7) is -0.511. The summed E-state index contributed by atoms with van der Waals surface area (Å²) in [7, 11) is 0. The van der Waals surface area contributed by atoms with Gasteiger partial charge in [-0.05, 0) is 17.7 Å². The van der Waals surface area contributed by atoms with Crippen molar-refractivity contribution in [3.63, 3.8) is 0 Å². The quantitative estimate of drug-likeness (QED) is 0.520. The van der Waals surface area contributed by atoms with Crippen LogP contribution >= 0.6 is 0 Å². The van der Waals surface area contributed by atoms with Gasteiger partial charge in [-0.15, -0.1) is 0 Å². The van der Waals surface area contributed by atoms with E-state index in [2.05, 4.69) is 10.3 Å². The molecule has 0 aliphatic carbocycles. The van der Waals surface area contributed by atoms with Gasteiger partial charge in [-0.3, -0.25) is 4.99 Å². The van der Waals surface area contributed by atoms with Gasteiger partial charge in [0.2, 0.25) is 0 Å². The van der Waals surface area contributed by atoms with Gasteiger partial charge in [0.15, 0.2) is 0 Å². The minimum absolute atomic E-state index is 0.0293. The Labute approximate surface area is 129 Å². The topological polar surface area (TPSA) is 105 Å². The number of amidine groups is 1. The van der Waals surface area contributed by atoms with Crippen LogP contribution in [0.3, 0.4) is 0 Å². The lowest BCUT2D eigenvalue weighted by Crippen LogP contribution is -2.63. The minimum Gasteiger partial charge on any atom is -0.394 e. The van der Waals surface area contributed by atoms with E-state index in [-0.39, 0.29) is 12.4 Å². The number of benzene rings is 1. The van der Waals surface area contributed by atoms with E-state index in [0.29, 0.717) is 5.56 Å². The predicted molar refractivity (Wildman–Crippen MR) is 74.6 cm³/mol. The summed E-state index contributed by atoms with van der Waals surface area (Å²) >= 11 is 0. The average Bonchev–Trinajstić information content (AvgIpc) is 2.51. The second kappa shape index (κ2) is 6.83. The van der Waals surface area contributed by atoms with Crippen molar-refractivity contribution in [2.45, 2.75) is 37.1 Å². The minimum atomic E-state index is -4.42. The molecule has 1 heterocycles. The molecule has 0 saturated carbocycles. The van der Waals surface area contributed by atoms with Crippen LogP contribution in [0, 0.1) is 0 Å². The van der Waals surface area contributed by atoms with Gasteiger partial charge >= 0.3 is 6.18 Å². The molecule has 6 nitrogen and oxygen atoms in total. The third kappa shape index (κ3) is 3.99. The van der Waals surface area contributed by atoms with Gasteiger partial charge in [-0.1, -0.05) is 12.1 Å². The van der Waals surface area contributed by atoms with Gasteiger partial charge < -0.3 is 25.7 Å². The SMILES string of the molecule is OC[C@H]1NC(=NCc2ccc(C(F)(F)F)cc2)[C@H](O)[C@@H](O)[C@H]1O.